The Labute approximate surface area is 98.7 Å². The summed E-state index contributed by atoms with van der Waals surface area (Å²) in [7, 11) is 0. The monoisotopic (exact) mass is 230 g/mol. The summed E-state index contributed by atoms with van der Waals surface area (Å²) in [4.78, 5) is 21.2. The summed E-state index contributed by atoms with van der Waals surface area (Å²) in [6.45, 7) is 4.05. The zero-order valence-corrected chi connectivity index (χ0v) is 9.82. The highest BCUT2D eigenvalue weighted by Crippen LogP contribution is 2.13. The lowest BCUT2D eigenvalue weighted by atomic mass is 10.0. The Morgan fingerprint density at radius 3 is 2.76 bits per heavy atom. The number of benzene rings is 1. The first-order valence-electron chi connectivity index (χ1n) is 5.33. The molecular weight excluding hydrogens is 216 g/mol. The lowest BCUT2D eigenvalue weighted by molar-refractivity contribution is 0.889. The molecule has 0 bridgehead atoms. The van der Waals surface area contributed by atoms with Crippen LogP contribution >= 0.6 is 0 Å². The van der Waals surface area contributed by atoms with E-state index in [0.29, 0.717) is 12.2 Å². The van der Waals surface area contributed by atoms with Gasteiger partial charge in [0.1, 0.15) is 5.82 Å². The summed E-state index contributed by atoms with van der Waals surface area (Å²) >= 11 is 0. The molecule has 0 aliphatic heterocycles. The summed E-state index contributed by atoms with van der Waals surface area (Å²) in [6.07, 6.45) is 0.551. The molecule has 17 heavy (non-hydrogen) atoms. The maximum atomic E-state index is 11.2. The molecule has 1 aromatic carbocycles. The summed E-state index contributed by atoms with van der Waals surface area (Å²) in [6, 6.07) is 6.18. The number of H-pyrrole nitrogens is 1. The van der Waals surface area contributed by atoms with Crippen LogP contribution in [0.2, 0.25) is 0 Å². The predicted molar refractivity (Wildman–Crippen MR) is 65.8 cm³/mol. The molecule has 0 atom stereocenters. The quantitative estimate of drug-likeness (QED) is 0.804. The van der Waals surface area contributed by atoms with Gasteiger partial charge in [-0.05, 0) is 25.0 Å². The van der Waals surface area contributed by atoms with E-state index in [9.17, 15) is 4.79 Å². The van der Waals surface area contributed by atoms with Crippen molar-refractivity contribution in [2.24, 2.45) is 0 Å². The number of rotatable bonds is 2. The summed E-state index contributed by atoms with van der Waals surface area (Å²) in [5.41, 5.74) is 8.44. The highest BCUT2D eigenvalue weighted by Gasteiger charge is 2.04. The molecule has 0 spiro atoms. The van der Waals surface area contributed by atoms with Gasteiger partial charge in [0, 0.05) is 6.42 Å². The van der Waals surface area contributed by atoms with Gasteiger partial charge in [-0.2, -0.15) is 9.97 Å². The van der Waals surface area contributed by atoms with Crippen molar-refractivity contribution in [1.29, 1.82) is 0 Å². The average Bonchev–Trinajstić information content (AvgIpc) is 2.22. The minimum Gasteiger partial charge on any atom is -0.368 e. The van der Waals surface area contributed by atoms with Crippen LogP contribution in [0.4, 0.5) is 5.95 Å². The number of aromatic nitrogens is 3. The van der Waals surface area contributed by atoms with Gasteiger partial charge in [0.05, 0.1) is 0 Å². The van der Waals surface area contributed by atoms with E-state index in [1.54, 1.807) is 0 Å². The Morgan fingerprint density at radius 2 is 2.06 bits per heavy atom. The van der Waals surface area contributed by atoms with Gasteiger partial charge in [-0.1, -0.05) is 23.8 Å². The first-order chi connectivity index (χ1) is 8.04. The topological polar surface area (TPSA) is 84.7 Å². The fourth-order valence-corrected chi connectivity index (χ4v) is 1.70. The molecule has 0 saturated carbocycles. The minimum absolute atomic E-state index is 0.00839. The van der Waals surface area contributed by atoms with Crippen molar-refractivity contribution in [2.75, 3.05) is 5.73 Å². The number of nitrogen functional groups attached to an aromatic ring is 1. The van der Waals surface area contributed by atoms with Gasteiger partial charge < -0.3 is 5.73 Å². The second-order valence-electron chi connectivity index (χ2n) is 4.07. The van der Waals surface area contributed by atoms with Crippen LogP contribution in [0.1, 0.15) is 22.5 Å². The smallest absolute Gasteiger partial charge is 0.349 e. The van der Waals surface area contributed by atoms with E-state index in [0.717, 1.165) is 11.1 Å². The van der Waals surface area contributed by atoms with Gasteiger partial charge in [0.2, 0.25) is 5.95 Å². The number of nitrogens with two attached hydrogens (primary N) is 1. The van der Waals surface area contributed by atoms with Gasteiger partial charge in [-0.25, -0.2) is 4.79 Å². The summed E-state index contributed by atoms with van der Waals surface area (Å²) < 4.78 is 0. The van der Waals surface area contributed by atoms with Crippen molar-refractivity contribution in [3.05, 3.63) is 51.2 Å². The Kier molecular flexibility index (Phi) is 2.91. The first kappa shape index (κ1) is 11.3. The number of aromatic amines is 1. The zero-order valence-electron chi connectivity index (χ0n) is 9.82. The van der Waals surface area contributed by atoms with E-state index in [2.05, 4.69) is 27.1 Å². The highest BCUT2D eigenvalue weighted by molar-refractivity contribution is 5.32. The van der Waals surface area contributed by atoms with Gasteiger partial charge in [0.15, 0.2) is 0 Å². The normalized spacial score (nSPS) is 10.5. The largest absolute Gasteiger partial charge is 0.368 e. The van der Waals surface area contributed by atoms with Crippen molar-refractivity contribution in [1.82, 2.24) is 15.0 Å². The number of hydrogen-bond acceptors (Lipinski definition) is 4. The molecule has 2 aromatic rings. The molecule has 5 heteroatoms. The molecule has 0 aliphatic carbocycles. The number of nitrogens with zero attached hydrogens (tertiary/aromatic N) is 2. The maximum Gasteiger partial charge on any atom is 0.349 e. The molecule has 0 aliphatic rings. The summed E-state index contributed by atoms with van der Waals surface area (Å²) in [5, 5.41) is 0. The number of hydrogen-bond donors (Lipinski definition) is 2. The molecule has 0 fully saturated rings. The van der Waals surface area contributed by atoms with E-state index < -0.39 is 5.69 Å². The van der Waals surface area contributed by atoms with Crippen LogP contribution in [0.3, 0.4) is 0 Å². The van der Waals surface area contributed by atoms with Crippen LogP contribution in [0.25, 0.3) is 0 Å². The molecule has 0 saturated heterocycles. The molecule has 1 heterocycles. The number of nitrogens with one attached hydrogen (secondary N) is 1. The highest BCUT2D eigenvalue weighted by atomic mass is 16.1. The van der Waals surface area contributed by atoms with Gasteiger partial charge in [-0.3, -0.25) is 4.98 Å². The molecule has 0 amide bonds. The Hall–Kier alpha value is -2.17. The fourth-order valence-electron chi connectivity index (χ4n) is 1.70. The number of aryl methyl sites for hydroxylation is 2. The molecule has 2 rings (SSSR count). The van der Waals surface area contributed by atoms with E-state index in [1.165, 1.54) is 5.56 Å². The number of anilines is 1. The zero-order chi connectivity index (χ0) is 12.4. The lowest BCUT2D eigenvalue weighted by Crippen LogP contribution is -2.17. The Morgan fingerprint density at radius 1 is 1.29 bits per heavy atom. The molecule has 88 valence electrons. The van der Waals surface area contributed by atoms with Crippen LogP contribution in [0, 0.1) is 13.8 Å². The first-order valence-corrected chi connectivity index (χ1v) is 5.33. The van der Waals surface area contributed by atoms with Crippen molar-refractivity contribution < 1.29 is 0 Å². The molecular formula is C12H14N4O. The van der Waals surface area contributed by atoms with E-state index >= 15 is 0 Å². The molecule has 1 aromatic heterocycles. The van der Waals surface area contributed by atoms with Crippen LogP contribution < -0.4 is 11.4 Å². The van der Waals surface area contributed by atoms with Crippen molar-refractivity contribution >= 4 is 5.95 Å². The Balaban J connectivity index is 2.37. The van der Waals surface area contributed by atoms with Crippen LogP contribution in [-0.2, 0) is 6.42 Å². The fraction of sp³-hybridized carbons (Fsp3) is 0.250. The van der Waals surface area contributed by atoms with E-state index in [1.807, 2.05) is 19.9 Å². The SMILES string of the molecule is Cc1ccc(C)c(Cc2nc(N)nc(=O)[nH]2)c1. The third-order valence-corrected chi connectivity index (χ3v) is 2.58. The van der Waals surface area contributed by atoms with Crippen LogP contribution in [0.5, 0.6) is 0 Å². The van der Waals surface area contributed by atoms with Gasteiger partial charge >= 0.3 is 5.69 Å². The minimum atomic E-state index is -0.460. The van der Waals surface area contributed by atoms with Crippen molar-refractivity contribution in [2.45, 2.75) is 20.3 Å². The third-order valence-electron chi connectivity index (χ3n) is 2.58. The molecule has 0 radical (unpaired) electrons. The summed E-state index contributed by atoms with van der Waals surface area (Å²) in [5.74, 6) is 0.547. The van der Waals surface area contributed by atoms with Crippen molar-refractivity contribution in [3.63, 3.8) is 0 Å². The van der Waals surface area contributed by atoms with E-state index in [4.69, 9.17) is 5.73 Å². The standard InChI is InChI=1S/C12H14N4O/c1-7-3-4-8(2)9(5-7)6-10-14-11(13)16-12(17)15-10/h3-5H,6H2,1-2H3,(H3,13,14,15,16,17). The van der Waals surface area contributed by atoms with Crippen LogP contribution in [-0.4, -0.2) is 15.0 Å². The van der Waals surface area contributed by atoms with Gasteiger partial charge in [-0.15, -0.1) is 0 Å². The average molecular weight is 230 g/mol. The van der Waals surface area contributed by atoms with E-state index in [-0.39, 0.29) is 5.95 Å². The van der Waals surface area contributed by atoms with Crippen molar-refractivity contribution in [3.8, 4) is 0 Å². The Bertz CT molecular complexity index is 604. The molecule has 0 unspecified atom stereocenters. The van der Waals surface area contributed by atoms with Gasteiger partial charge in [0.25, 0.3) is 0 Å². The maximum absolute atomic E-state index is 11.2. The molecule has 3 N–H and O–H groups in total. The molecule has 5 nitrogen and oxygen atoms in total. The predicted octanol–water partition coefficient (Wildman–Crippen LogP) is 0.955. The third kappa shape index (κ3) is 2.69. The second kappa shape index (κ2) is 4.37. The lowest BCUT2D eigenvalue weighted by Gasteiger charge is -2.06. The van der Waals surface area contributed by atoms with Crippen LogP contribution in [0.15, 0.2) is 23.0 Å². The second-order valence-corrected chi connectivity index (χ2v) is 4.07.